The Hall–Kier alpha value is -3.01. The van der Waals surface area contributed by atoms with Gasteiger partial charge in [0.25, 0.3) is 5.91 Å². The second kappa shape index (κ2) is 9.14. The van der Waals surface area contributed by atoms with Crippen molar-refractivity contribution in [3.05, 3.63) is 45.9 Å². The lowest BCUT2D eigenvalue weighted by Crippen LogP contribution is -2.50. The number of amides is 3. The molecule has 6 rings (SSSR count). The van der Waals surface area contributed by atoms with Crippen molar-refractivity contribution in [2.24, 2.45) is 0 Å². The SMILES string of the molecule is CC(c1cc2nccc(-c3cc(Cl)cc4c3OC(C(=O)N3CCNCC3)C4)c2s1)N1C(=O)CCC1=O. The molecule has 3 aliphatic rings. The summed E-state index contributed by atoms with van der Waals surface area (Å²) in [7, 11) is 0. The number of nitrogens with zero attached hydrogens (tertiary/aromatic N) is 3. The van der Waals surface area contributed by atoms with E-state index in [1.165, 1.54) is 16.2 Å². The zero-order chi connectivity index (χ0) is 25.0. The first-order valence-electron chi connectivity index (χ1n) is 12.1. The number of carbonyl (C=O) groups excluding carboxylic acids is 3. The Bertz CT molecular complexity index is 1380. The van der Waals surface area contributed by atoms with E-state index in [9.17, 15) is 14.4 Å². The summed E-state index contributed by atoms with van der Waals surface area (Å²) >= 11 is 8.04. The van der Waals surface area contributed by atoms with Crippen molar-refractivity contribution in [3.8, 4) is 16.9 Å². The van der Waals surface area contributed by atoms with Gasteiger partial charge >= 0.3 is 0 Å². The molecular weight excluding hydrogens is 500 g/mol. The van der Waals surface area contributed by atoms with Crippen molar-refractivity contribution in [1.29, 1.82) is 0 Å². The topological polar surface area (TPSA) is 91.8 Å². The summed E-state index contributed by atoms with van der Waals surface area (Å²) in [6, 6.07) is 7.23. The maximum absolute atomic E-state index is 13.1. The first kappa shape index (κ1) is 23.4. The zero-order valence-electron chi connectivity index (χ0n) is 19.8. The van der Waals surface area contributed by atoms with E-state index in [0.29, 0.717) is 30.3 Å². The van der Waals surface area contributed by atoms with Crippen molar-refractivity contribution in [1.82, 2.24) is 20.1 Å². The molecule has 0 radical (unpaired) electrons. The van der Waals surface area contributed by atoms with E-state index in [4.69, 9.17) is 16.3 Å². The number of hydrogen-bond acceptors (Lipinski definition) is 7. The van der Waals surface area contributed by atoms with Crippen LogP contribution in [0.3, 0.4) is 0 Å². The number of likely N-dealkylation sites (tertiary alicyclic amines) is 1. The molecule has 0 spiro atoms. The quantitative estimate of drug-likeness (QED) is 0.525. The normalized spacial score (nSPS) is 20.7. The van der Waals surface area contributed by atoms with Crippen LogP contribution in [0.5, 0.6) is 5.75 Å². The van der Waals surface area contributed by atoms with Gasteiger partial charge in [-0.15, -0.1) is 11.3 Å². The van der Waals surface area contributed by atoms with Crippen LogP contribution in [-0.2, 0) is 20.8 Å². The monoisotopic (exact) mass is 524 g/mol. The van der Waals surface area contributed by atoms with Gasteiger partial charge in [-0.3, -0.25) is 24.3 Å². The Balaban J connectivity index is 1.36. The van der Waals surface area contributed by atoms with E-state index in [1.807, 2.05) is 36.1 Å². The van der Waals surface area contributed by atoms with Crippen molar-refractivity contribution in [2.45, 2.75) is 38.3 Å². The molecule has 3 aliphatic heterocycles. The summed E-state index contributed by atoms with van der Waals surface area (Å²) in [5.74, 6) is 0.397. The molecule has 2 saturated heterocycles. The molecule has 2 aromatic heterocycles. The Morgan fingerprint density at radius 1 is 1.17 bits per heavy atom. The van der Waals surface area contributed by atoms with Gasteiger partial charge in [-0.1, -0.05) is 11.6 Å². The average molecular weight is 525 g/mol. The minimum Gasteiger partial charge on any atom is -0.479 e. The minimum absolute atomic E-state index is 0.00169. The molecule has 186 valence electrons. The molecule has 3 amide bonds. The van der Waals surface area contributed by atoms with E-state index < -0.39 is 6.10 Å². The lowest BCUT2D eigenvalue weighted by Gasteiger charge is -2.29. The Morgan fingerprint density at radius 2 is 1.92 bits per heavy atom. The summed E-state index contributed by atoms with van der Waals surface area (Å²) < 4.78 is 7.21. The molecule has 0 bridgehead atoms. The van der Waals surface area contributed by atoms with Crippen LogP contribution in [0.1, 0.15) is 36.2 Å². The number of benzene rings is 1. The first-order chi connectivity index (χ1) is 17.4. The average Bonchev–Trinajstić information content (AvgIpc) is 3.59. The number of pyridine rings is 1. The Labute approximate surface area is 217 Å². The number of piperazine rings is 1. The zero-order valence-corrected chi connectivity index (χ0v) is 21.3. The molecule has 5 heterocycles. The van der Waals surface area contributed by atoms with Crippen molar-refractivity contribution in [3.63, 3.8) is 0 Å². The number of rotatable bonds is 4. The van der Waals surface area contributed by atoms with E-state index in [-0.39, 0.29) is 36.6 Å². The fourth-order valence-corrected chi connectivity index (χ4v) is 6.71. The lowest BCUT2D eigenvalue weighted by atomic mass is 10.0. The number of aromatic nitrogens is 1. The third kappa shape index (κ3) is 3.95. The summed E-state index contributed by atoms with van der Waals surface area (Å²) in [6.45, 7) is 4.78. The fraction of sp³-hybridized carbons (Fsp3) is 0.385. The smallest absolute Gasteiger partial charge is 0.264 e. The Kier molecular flexibility index (Phi) is 5.94. The van der Waals surface area contributed by atoms with Gasteiger partial charge in [0.1, 0.15) is 5.75 Å². The van der Waals surface area contributed by atoms with Gasteiger partial charge in [0.05, 0.1) is 16.3 Å². The van der Waals surface area contributed by atoms with Crippen LogP contribution >= 0.6 is 22.9 Å². The Morgan fingerprint density at radius 3 is 2.67 bits per heavy atom. The molecule has 1 N–H and O–H groups in total. The molecule has 1 aromatic carbocycles. The maximum atomic E-state index is 13.1. The van der Waals surface area contributed by atoms with Crippen molar-refractivity contribution in [2.75, 3.05) is 26.2 Å². The number of halogens is 1. The van der Waals surface area contributed by atoms with Gasteiger partial charge in [-0.25, -0.2) is 0 Å². The largest absolute Gasteiger partial charge is 0.479 e. The molecule has 8 nitrogen and oxygen atoms in total. The molecule has 10 heteroatoms. The highest BCUT2D eigenvalue weighted by atomic mass is 35.5. The second-order valence-electron chi connectivity index (χ2n) is 9.38. The number of hydrogen-bond donors (Lipinski definition) is 1. The molecule has 0 aliphatic carbocycles. The number of ether oxygens (including phenoxy) is 1. The van der Waals surface area contributed by atoms with Gasteiger partial charge in [-0.05, 0) is 31.2 Å². The third-order valence-electron chi connectivity index (χ3n) is 7.11. The van der Waals surface area contributed by atoms with Crippen LogP contribution in [0.15, 0.2) is 30.5 Å². The molecule has 2 unspecified atom stereocenters. The lowest BCUT2D eigenvalue weighted by molar-refractivity contribution is -0.141. The van der Waals surface area contributed by atoms with Crippen LogP contribution in [0, 0.1) is 0 Å². The molecule has 2 fully saturated rings. The minimum atomic E-state index is -0.571. The highest BCUT2D eigenvalue weighted by Crippen LogP contribution is 2.45. The predicted molar refractivity (Wildman–Crippen MR) is 137 cm³/mol. The van der Waals surface area contributed by atoms with Crippen molar-refractivity contribution >= 4 is 50.9 Å². The number of imide groups is 1. The summed E-state index contributed by atoms with van der Waals surface area (Å²) in [4.78, 5) is 46.4. The third-order valence-corrected chi connectivity index (χ3v) is 8.66. The maximum Gasteiger partial charge on any atom is 0.264 e. The van der Waals surface area contributed by atoms with Crippen LogP contribution in [-0.4, -0.2) is 64.8 Å². The summed E-state index contributed by atoms with van der Waals surface area (Å²) in [5, 5.41) is 3.84. The van der Waals surface area contributed by atoms with Gasteiger partial charge < -0.3 is 15.0 Å². The van der Waals surface area contributed by atoms with Crippen LogP contribution in [0.2, 0.25) is 5.02 Å². The number of nitrogens with one attached hydrogen (secondary N) is 1. The van der Waals surface area contributed by atoms with E-state index in [1.54, 1.807) is 6.20 Å². The molecule has 36 heavy (non-hydrogen) atoms. The number of fused-ring (bicyclic) bond motifs is 2. The van der Waals surface area contributed by atoms with Crippen LogP contribution < -0.4 is 10.1 Å². The second-order valence-corrected chi connectivity index (χ2v) is 10.9. The van der Waals surface area contributed by atoms with E-state index in [0.717, 1.165) is 44.9 Å². The van der Waals surface area contributed by atoms with Crippen LogP contribution in [0.25, 0.3) is 21.3 Å². The summed E-state index contributed by atoms with van der Waals surface area (Å²) in [6.07, 6.45) is 2.16. The van der Waals surface area contributed by atoms with E-state index >= 15 is 0 Å². The molecule has 3 aromatic rings. The fourth-order valence-electron chi connectivity index (χ4n) is 5.28. The van der Waals surface area contributed by atoms with Gasteiger partial charge in [0.15, 0.2) is 6.10 Å². The summed E-state index contributed by atoms with van der Waals surface area (Å²) in [5.41, 5.74) is 3.40. The predicted octanol–water partition coefficient (Wildman–Crippen LogP) is 3.56. The first-order valence-corrected chi connectivity index (χ1v) is 13.3. The van der Waals surface area contributed by atoms with Crippen LogP contribution in [0.4, 0.5) is 0 Å². The number of carbonyl (C=O) groups is 3. The number of thiophene rings is 1. The highest BCUT2D eigenvalue weighted by Gasteiger charge is 2.36. The van der Waals surface area contributed by atoms with Gasteiger partial charge in [-0.2, -0.15) is 0 Å². The molecule has 2 atom stereocenters. The molecular formula is C26H25ClN4O4S. The van der Waals surface area contributed by atoms with Gasteiger partial charge in [0.2, 0.25) is 11.8 Å². The van der Waals surface area contributed by atoms with E-state index in [2.05, 4.69) is 10.3 Å². The van der Waals surface area contributed by atoms with Crippen molar-refractivity contribution < 1.29 is 19.1 Å². The standard InChI is InChI=1S/C26H25ClN4O4S/c1-14(31-22(32)2-3-23(31)33)21-13-19-25(36-21)17(4-5-29-19)18-12-16(27)10-15-11-20(35-24(15)18)26(34)30-8-6-28-7-9-30/h4-5,10,12-14,20,28H,2-3,6-9,11H2,1H3. The molecule has 0 saturated carbocycles. The highest BCUT2D eigenvalue weighted by molar-refractivity contribution is 7.19. The van der Waals surface area contributed by atoms with Gasteiger partial charge in [0, 0.05) is 78.2 Å².